The van der Waals surface area contributed by atoms with E-state index in [1.54, 1.807) is 18.5 Å². The molecule has 2 aromatic rings. The van der Waals surface area contributed by atoms with Crippen LogP contribution in [0.1, 0.15) is 5.56 Å². The first-order valence-electron chi connectivity index (χ1n) is 5.48. The Morgan fingerprint density at radius 1 is 1.22 bits per heavy atom. The highest BCUT2D eigenvalue weighted by Crippen LogP contribution is 2.15. The van der Waals surface area contributed by atoms with Gasteiger partial charge in [-0.05, 0) is 42.3 Å². The minimum Gasteiger partial charge on any atom is -0.399 e. The first-order chi connectivity index (χ1) is 8.65. The Kier molecular flexibility index (Phi) is 4.04. The largest absolute Gasteiger partial charge is 0.399 e. The molecule has 1 unspecified atom stereocenters. The number of nitrogens with two attached hydrogens (primary N) is 1. The molecule has 2 rings (SSSR count). The number of pyridine rings is 1. The molecule has 0 fully saturated rings. The number of nitrogens with zero attached hydrogens (tertiary/aromatic N) is 1. The molecule has 0 aliphatic heterocycles. The van der Waals surface area contributed by atoms with E-state index in [4.69, 9.17) is 5.73 Å². The van der Waals surface area contributed by atoms with Crippen molar-refractivity contribution in [3.05, 3.63) is 54.1 Å². The molecule has 0 bridgehead atoms. The Morgan fingerprint density at radius 2 is 1.94 bits per heavy atom. The maximum Gasteiger partial charge on any atom is 0.126 e. The van der Waals surface area contributed by atoms with Gasteiger partial charge < -0.3 is 5.73 Å². The van der Waals surface area contributed by atoms with Crippen LogP contribution in [0.4, 0.5) is 10.1 Å². The topological polar surface area (TPSA) is 56.0 Å². The zero-order chi connectivity index (χ0) is 13.0. The third kappa shape index (κ3) is 3.37. The van der Waals surface area contributed by atoms with Crippen LogP contribution in [0.3, 0.4) is 0 Å². The van der Waals surface area contributed by atoms with E-state index in [2.05, 4.69) is 4.98 Å². The lowest BCUT2D eigenvalue weighted by Crippen LogP contribution is -2.03. The molecule has 1 aromatic heterocycles. The van der Waals surface area contributed by atoms with Crippen LogP contribution in [0.2, 0.25) is 0 Å². The van der Waals surface area contributed by atoms with Crippen molar-refractivity contribution in [2.45, 2.75) is 11.3 Å². The molecule has 1 atom stereocenters. The van der Waals surface area contributed by atoms with Crippen LogP contribution in [0, 0.1) is 5.82 Å². The predicted molar refractivity (Wildman–Crippen MR) is 70.0 cm³/mol. The minimum absolute atomic E-state index is 0.294. The van der Waals surface area contributed by atoms with Gasteiger partial charge in [0.2, 0.25) is 0 Å². The lowest BCUT2D eigenvalue weighted by molar-refractivity contribution is 0.623. The van der Waals surface area contributed by atoms with Gasteiger partial charge in [0.1, 0.15) is 5.82 Å². The summed E-state index contributed by atoms with van der Waals surface area (Å²) in [5.41, 5.74) is 6.87. The van der Waals surface area contributed by atoms with Crippen LogP contribution >= 0.6 is 0 Å². The van der Waals surface area contributed by atoms with Crippen LogP contribution < -0.4 is 5.73 Å². The molecule has 0 spiro atoms. The zero-order valence-electron chi connectivity index (χ0n) is 9.67. The molecular formula is C13H13FN2OS. The van der Waals surface area contributed by atoms with Crippen molar-refractivity contribution in [1.82, 2.24) is 4.98 Å². The monoisotopic (exact) mass is 264 g/mol. The van der Waals surface area contributed by atoms with Crippen molar-refractivity contribution < 1.29 is 8.60 Å². The van der Waals surface area contributed by atoms with E-state index in [1.807, 2.05) is 12.1 Å². The van der Waals surface area contributed by atoms with Crippen molar-refractivity contribution in [1.29, 1.82) is 0 Å². The number of benzene rings is 1. The minimum atomic E-state index is -1.24. The number of hydrogen-bond acceptors (Lipinski definition) is 3. The third-order valence-corrected chi connectivity index (χ3v) is 3.82. The van der Waals surface area contributed by atoms with E-state index in [0.717, 1.165) is 5.56 Å². The van der Waals surface area contributed by atoms with Gasteiger partial charge in [0.05, 0.1) is 10.8 Å². The molecule has 18 heavy (non-hydrogen) atoms. The lowest BCUT2D eigenvalue weighted by Gasteiger charge is -2.04. The van der Waals surface area contributed by atoms with Crippen LogP contribution in [0.15, 0.2) is 47.6 Å². The van der Waals surface area contributed by atoms with E-state index < -0.39 is 16.6 Å². The van der Waals surface area contributed by atoms with Crippen molar-refractivity contribution in [2.75, 3.05) is 11.5 Å². The van der Waals surface area contributed by atoms with Crippen molar-refractivity contribution >= 4 is 16.5 Å². The van der Waals surface area contributed by atoms with E-state index in [0.29, 0.717) is 22.8 Å². The maximum atomic E-state index is 13.1. The molecule has 3 nitrogen and oxygen atoms in total. The summed E-state index contributed by atoms with van der Waals surface area (Å²) in [4.78, 5) is 4.34. The van der Waals surface area contributed by atoms with E-state index in [9.17, 15) is 8.60 Å². The Morgan fingerprint density at radius 3 is 2.61 bits per heavy atom. The molecule has 5 heteroatoms. The number of rotatable bonds is 4. The maximum absolute atomic E-state index is 13.1. The molecule has 0 radical (unpaired) electrons. The van der Waals surface area contributed by atoms with Gasteiger partial charge in [0.15, 0.2) is 0 Å². The summed E-state index contributed by atoms with van der Waals surface area (Å²) in [6.45, 7) is 0. The second kappa shape index (κ2) is 5.73. The van der Waals surface area contributed by atoms with Gasteiger partial charge >= 0.3 is 0 Å². The van der Waals surface area contributed by atoms with E-state index in [-0.39, 0.29) is 0 Å². The number of halogens is 1. The van der Waals surface area contributed by atoms with Crippen molar-refractivity contribution in [3.8, 4) is 0 Å². The summed E-state index contributed by atoms with van der Waals surface area (Å²) < 4.78 is 25.1. The highest BCUT2D eigenvalue weighted by molar-refractivity contribution is 7.85. The molecule has 0 saturated carbocycles. The number of aryl methyl sites for hydroxylation is 1. The molecular weight excluding hydrogens is 251 g/mol. The van der Waals surface area contributed by atoms with E-state index >= 15 is 0 Å². The molecule has 2 N–H and O–H groups in total. The molecule has 1 aromatic carbocycles. The Balaban J connectivity index is 2.04. The normalized spacial score (nSPS) is 12.3. The third-order valence-electron chi connectivity index (χ3n) is 2.48. The highest BCUT2D eigenvalue weighted by atomic mass is 32.2. The van der Waals surface area contributed by atoms with Crippen molar-refractivity contribution in [3.63, 3.8) is 0 Å². The molecule has 0 amide bonds. The SMILES string of the molecule is Nc1cc(F)cc(S(=O)CCc2ccncc2)c1. The predicted octanol–water partition coefficient (Wildman–Crippen LogP) is 2.15. The Bertz CT molecular complexity index is 540. The fourth-order valence-electron chi connectivity index (χ4n) is 1.59. The van der Waals surface area contributed by atoms with Gasteiger partial charge in [0, 0.05) is 28.7 Å². The quantitative estimate of drug-likeness (QED) is 0.861. The van der Waals surface area contributed by atoms with Gasteiger partial charge in [-0.1, -0.05) is 0 Å². The smallest absolute Gasteiger partial charge is 0.126 e. The summed E-state index contributed by atoms with van der Waals surface area (Å²) in [5.74, 6) is -0.0188. The fourth-order valence-corrected chi connectivity index (χ4v) is 2.76. The van der Waals surface area contributed by atoms with E-state index in [1.165, 1.54) is 12.1 Å². The van der Waals surface area contributed by atoms with Crippen LogP contribution in [-0.4, -0.2) is 14.9 Å². The average Bonchev–Trinajstić information content (AvgIpc) is 2.36. The Hall–Kier alpha value is -1.75. The number of aromatic nitrogens is 1. The second-order valence-electron chi connectivity index (χ2n) is 3.88. The number of hydrogen-bond donors (Lipinski definition) is 1. The van der Waals surface area contributed by atoms with Crippen LogP contribution in [0.25, 0.3) is 0 Å². The summed E-state index contributed by atoms with van der Waals surface area (Å²) in [6.07, 6.45) is 4.04. The fraction of sp³-hybridized carbons (Fsp3) is 0.154. The molecule has 0 aliphatic rings. The first-order valence-corrected chi connectivity index (χ1v) is 6.80. The highest BCUT2D eigenvalue weighted by Gasteiger charge is 2.07. The summed E-state index contributed by atoms with van der Waals surface area (Å²) in [6, 6.07) is 7.77. The van der Waals surface area contributed by atoms with Gasteiger partial charge in [-0.3, -0.25) is 9.19 Å². The van der Waals surface area contributed by atoms with Gasteiger partial charge in [-0.15, -0.1) is 0 Å². The standard InChI is InChI=1S/C13H13FN2OS/c14-11-7-12(15)9-13(8-11)18(17)6-3-10-1-4-16-5-2-10/h1-2,4-5,7-9H,3,6,15H2. The summed E-state index contributed by atoms with van der Waals surface area (Å²) >= 11 is 0. The molecule has 0 aliphatic carbocycles. The zero-order valence-corrected chi connectivity index (χ0v) is 10.5. The number of nitrogen functional groups attached to an aromatic ring is 1. The Labute approximate surface area is 107 Å². The summed E-state index contributed by atoms with van der Waals surface area (Å²) in [5, 5.41) is 0. The van der Waals surface area contributed by atoms with Crippen molar-refractivity contribution in [2.24, 2.45) is 0 Å². The summed E-state index contributed by atoms with van der Waals surface area (Å²) in [7, 11) is -1.24. The van der Waals surface area contributed by atoms with Crippen LogP contribution in [-0.2, 0) is 17.2 Å². The second-order valence-corrected chi connectivity index (χ2v) is 5.45. The lowest BCUT2D eigenvalue weighted by atomic mass is 10.2. The van der Waals surface area contributed by atoms with Crippen LogP contribution in [0.5, 0.6) is 0 Å². The average molecular weight is 264 g/mol. The van der Waals surface area contributed by atoms with Gasteiger partial charge in [0.25, 0.3) is 0 Å². The first kappa shape index (κ1) is 12.7. The molecule has 1 heterocycles. The molecule has 0 saturated heterocycles. The molecule has 94 valence electrons. The van der Waals surface area contributed by atoms with Gasteiger partial charge in [-0.25, -0.2) is 4.39 Å². The van der Waals surface area contributed by atoms with Gasteiger partial charge in [-0.2, -0.15) is 0 Å². The number of anilines is 1.